The molecule has 0 heterocycles. The molecule has 0 fully saturated rings. The van der Waals surface area contributed by atoms with Crippen LogP contribution in [0.25, 0.3) is 0 Å². The van der Waals surface area contributed by atoms with Gasteiger partial charge in [-0.15, -0.1) is 0 Å². The van der Waals surface area contributed by atoms with E-state index in [-0.39, 0.29) is 16.1 Å². The molecule has 2 aromatic rings. The zero-order valence-electron chi connectivity index (χ0n) is 10.4. The van der Waals surface area contributed by atoms with E-state index >= 15 is 0 Å². The molecule has 1 atom stereocenters. The van der Waals surface area contributed by atoms with Crippen LogP contribution in [-0.4, -0.2) is 5.78 Å². The van der Waals surface area contributed by atoms with Crippen molar-refractivity contribution in [3.63, 3.8) is 0 Å². The van der Waals surface area contributed by atoms with Gasteiger partial charge in [-0.25, -0.2) is 13.2 Å². The van der Waals surface area contributed by atoms with Crippen LogP contribution in [0.5, 0.6) is 0 Å². The van der Waals surface area contributed by atoms with E-state index in [1.54, 1.807) is 6.07 Å². The van der Waals surface area contributed by atoms with Crippen LogP contribution in [-0.2, 0) is 0 Å². The number of ketones is 1. The van der Waals surface area contributed by atoms with Crippen molar-refractivity contribution < 1.29 is 18.0 Å². The molecule has 21 heavy (non-hydrogen) atoms. The molecule has 1 unspecified atom stereocenters. The van der Waals surface area contributed by atoms with Crippen molar-refractivity contribution >= 4 is 17.4 Å². The Morgan fingerprint density at radius 1 is 1.10 bits per heavy atom. The second-order valence-electron chi connectivity index (χ2n) is 4.22. The van der Waals surface area contributed by atoms with Crippen molar-refractivity contribution in [3.05, 3.63) is 70.0 Å². The Hall–Kier alpha value is -2.32. The molecule has 0 radical (unpaired) electrons. The van der Waals surface area contributed by atoms with Crippen molar-refractivity contribution in [3.8, 4) is 6.07 Å². The summed E-state index contributed by atoms with van der Waals surface area (Å²) in [6.45, 7) is 0. The van der Waals surface area contributed by atoms with Gasteiger partial charge in [0.25, 0.3) is 0 Å². The monoisotopic (exact) mass is 309 g/mol. The maximum Gasteiger partial charge on any atom is 0.187 e. The van der Waals surface area contributed by atoms with Gasteiger partial charge < -0.3 is 0 Å². The van der Waals surface area contributed by atoms with E-state index in [1.807, 2.05) is 0 Å². The molecule has 0 amide bonds. The van der Waals surface area contributed by atoms with E-state index in [1.165, 1.54) is 6.07 Å². The Kier molecular flexibility index (Phi) is 4.29. The molecule has 2 nitrogen and oxygen atoms in total. The van der Waals surface area contributed by atoms with Gasteiger partial charge in [0.05, 0.1) is 11.6 Å². The van der Waals surface area contributed by atoms with Crippen LogP contribution >= 0.6 is 11.6 Å². The van der Waals surface area contributed by atoms with E-state index in [0.717, 1.165) is 24.3 Å². The third kappa shape index (κ3) is 3.06. The predicted molar refractivity (Wildman–Crippen MR) is 70.5 cm³/mol. The van der Waals surface area contributed by atoms with E-state index in [9.17, 15) is 18.0 Å². The van der Waals surface area contributed by atoms with Crippen LogP contribution < -0.4 is 0 Å². The standard InChI is InChI=1S/C15H7ClF3NO/c16-8-1-3-11(13(18)5-8)15(21)12(7-20)10-4-2-9(17)6-14(10)19/h1-6,12H. The Morgan fingerprint density at radius 3 is 2.38 bits per heavy atom. The van der Waals surface area contributed by atoms with Crippen molar-refractivity contribution in [2.45, 2.75) is 5.92 Å². The Balaban J connectivity index is 2.46. The highest BCUT2D eigenvalue weighted by molar-refractivity contribution is 6.30. The molecular formula is C15H7ClF3NO. The van der Waals surface area contributed by atoms with Crippen molar-refractivity contribution in [2.24, 2.45) is 0 Å². The Bertz CT molecular complexity index is 755. The number of hydrogen-bond donors (Lipinski definition) is 0. The summed E-state index contributed by atoms with van der Waals surface area (Å²) in [6, 6.07) is 7.41. The molecule has 0 aliphatic heterocycles. The second kappa shape index (κ2) is 5.98. The van der Waals surface area contributed by atoms with Gasteiger partial charge in [0.1, 0.15) is 23.4 Å². The number of nitriles is 1. The van der Waals surface area contributed by atoms with E-state index in [2.05, 4.69) is 0 Å². The first-order valence-corrected chi connectivity index (χ1v) is 6.15. The molecule has 0 N–H and O–H groups in total. The van der Waals surface area contributed by atoms with Crippen molar-refractivity contribution in [1.82, 2.24) is 0 Å². The fourth-order valence-corrected chi connectivity index (χ4v) is 2.01. The molecule has 106 valence electrons. The number of benzene rings is 2. The van der Waals surface area contributed by atoms with E-state index in [0.29, 0.717) is 6.07 Å². The van der Waals surface area contributed by atoms with Gasteiger partial charge in [-0.05, 0) is 24.3 Å². The molecule has 2 rings (SSSR count). The average Bonchev–Trinajstić information content (AvgIpc) is 2.41. The topological polar surface area (TPSA) is 40.9 Å². The van der Waals surface area contributed by atoms with Gasteiger partial charge in [-0.2, -0.15) is 5.26 Å². The first-order chi connectivity index (χ1) is 9.93. The summed E-state index contributed by atoms with van der Waals surface area (Å²) in [7, 11) is 0. The molecule has 0 saturated carbocycles. The first kappa shape index (κ1) is 15.1. The second-order valence-corrected chi connectivity index (χ2v) is 4.65. The third-order valence-electron chi connectivity index (χ3n) is 2.86. The molecular weight excluding hydrogens is 303 g/mol. The summed E-state index contributed by atoms with van der Waals surface area (Å²) in [6.07, 6.45) is 0. The normalized spacial score (nSPS) is 11.8. The highest BCUT2D eigenvalue weighted by Gasteiger charge is 2.27. The SMILES string of the molecule is N#CC(C(=O)c1ccc(Cl)cc1F)c1ccc(F)cc1F. The van der Waals surface area contributed by atoms with Crippen LogP contribution in [0.1, 0.15) is 21.8 Å². The van der Waals surface area contributed by atoms with Crippen LogP contribution in [0.2, 0.25) is 5.02 Å². The minimum absolute atomic E-state index is 0.0884. The highest BCUT2D eigenvalue weighted by Crippen LogP contribution is 2.26. The Morgan fingerprint density at radius 2 is 1.81 bits per heavy atom. The zero-order chi connectivity index (χ0) is 15.6. The van der Waals surface area contributed by atoms with Crippen LogP contribution in [0.3, 0.4) is 0 Å². The van der Waals surface area contributed by atoms with Gasteiger partial charge in [-0.3, -0.25) is 4.79 Å². The Labute approximate surface area is 123 Å². The summed E-state index contributed by atoms with van der Waals surface area (Å²) >= 11 is 5.58. The minimum Gasteiger partial charge on any atom is -0.292 e. The molecule has 6 heteroatoms. The summed E-state index contributed by atoms with van der Waals surface area (Å²) in [5, 5.41) is 9.16. The fraction of sp³-hybridized carbons (Fsp3) is 0.0667. The summed E-state index contributed by atoms with van der Waals surface area (Å²) in [5.41, 5.74) is -0.687. The molecule has 0 bridgehead atoms. The molecule has 0 aliphatic rings. The zero-order valence-corrected chi connectivity index (χ0v) is 11.2. The number of rotatable bonds is 3. The minimum atomic E-state index is -1.57. The molecule has 0 saturated heterocycles. The smallest absolute Gasteiger partial charge is 0.187 e. The lowest BCUT2D eigenvalue weighted by atomic mass is 9.91. The fourth-order valence-electron chi connectivity index (χ4n) is 1.85. The van der Waals surface area contributed by atoms with Gasteiger partial charge >= 0.3 is 0 Å². The summed E-state index contributed by atoms with van der Waals surface area (Å²) in [4.78, 5) is 12.2. The van der Waals surface area contributed by atoms with Gasteiger partial charge in [0.15, 0.2) is 5.78 Å². The van der Waals surface area contributed by atoms with Gasteiger partial charge in [-0.1, -0.05) is 17.7 Å². The number of nitrogens with zero attached hydrogens (tertiary/aromatic N) is 1. The molecule has 0 aliphatic carbocycles. The van der Waals surface area contributed by atoms with Crippen LogP contribution in [0, 0.1) is 28.8 Å². The van der Waals surface area contributed by atoms with E-state index < -0.39 is 29.2 Å². The number of halogens is 4. The summed E-state index contributed by atoms with van der Waals surface area (Å²) in [5.74, 6) is -5.27. The molecule has 2 aromatic carbocycles. The quantitative estimate of drug-likeness (QED) is 0.795. The largest absolute Gasteiger partial charge is 0.292 e. The maximum absolute atomic E-state index is 13.7. The number of carbonyl (C=O) groups excluding carboxylic acids is 1. The van der Waals surface area contributed by atoms with E-state index in [4.69, 9.17) is 16.9 Å². The van der Waals surface area contributed by atoms with Crippen molar-refractivity contribution in [1.29, 1.82) is 5.26 Å². The lowest BCUT2D eigenvalue weighted by Crippen LogP contribution is -2.14. The number of hydrogen-bond acceptors (Lipinski definition) is 2. The average molecular weight is 310 g/mol. The predicted octanol–water partition coefficient (Wildman–Crippen LogP) is 4.25. The number of carbonyl (C=O) groups is 1. The third-order valence-corrected chi connectivity index (χ3v) is 3.10. The summed E-state index contributed by atoms with van der Waals surface area (Å²) < 4.78 is 40.2. The maximum atomic E-state index is 13.7. The molecule has 0 spiro atoms. The van der Waals surface area contributed by atoms with Crippen LogP contribution in [0.4, 0.5) is 13.2 Å². The van der Waals surface area contributed by atoms with Crippen LogP contribution in [0.15, 0.2) is 36.4 Å². The lowest BCUT2D eigenvalue weighted by molar-refractivity contribution is 0.0973. The highest BCUT2D eigenvalue weighted by atomic mass is 35.5. The van der Waals surface area contributed by atoms with Gasteiger partial charge in [0, 0.05) is 16.7 Å². The number of Topliss-reactive ketones (excluding diaryl/α,β-unsaturated/α-hetero) is 1. The molecule has 0 aromatic heterocycles. The lowest BCUT2D eigenvalue weighted by Gasteiger charge is -2.10. The first-order valence-electron chi connectivity index (χ1n) is 5.78. The van der Waals surface area contributed by atoms with Gasteiger partial charge in [0.2, 0.25) is 0 Å². The van der Waals surface area contributed by atoms with Crippen molar-refractivity contribution in [2.75, 3.05) is 0 Å².